The van der Waals surface area contributed by atoms with Crippen molar-refractivity contribution in [3.8, 4) is 5.75 Å². The lowest BCUT2D eigenvalue weighted by Gasteiger charge is -2.29. The summed E-state index contributed by atoms with van der Waals surface area (Å²) in [5.74, 6) is 0.109. The molecular weight excluding hydrogens is 260 g/mol. The lowest BCUT2D eigenvalue weighted by Crippen LogP contribution is -2.42. The summed E-state index contributed by atoms with van der Waals surface area (Å²) < 4.78 is 15.9. The van der Waals surface area contributed by atoms with Gasteiger partial charge in [0.25, 0.3) is 0 Å². The summed E-state index contributed by atoms with van der Waals surface area (Å²) in [4.78, 5) is 14.2. The molecule has 0 aromatic heterocycles. The van der Waals surface area contributed by atoms with E-state index in [0.29, 0.717) is 23.6 Å². The van der Waals surface area contributed by atoms with Gasteiger partial charge in [-0.25, -0.2) is 4.79 Å². The van der Waals surface area contributed by atoms with Gasteiger partial charge in [-0.05, 0) is 25.2 Å². The van der Waals surface area contributed by atoms with Crippen LogP contribution in [0.3, 0.4) is 0 Å². The maximum atomic E-state index is 12.0. The number of nitrogens with two attached hydrogens (primary N) is 1. The van der Waals surface area contributed by atoms with Crippen LogP contribution in [0.25, 0.3) is 0 Å². The van der Waals surface area contributed by atoms with E-state index in [1.165, 1.54) is 7.11 Å². The molecule has 0 aliphatic carbocycles. The van der Waals surface area contributed by atoms with Crippen LogP contribution in [-0.4, -0.2) is 57.4 Å². The van der Waals surface area contributed by atoms with E-state index in [1.807, 2.05) is 7.05 Å². The topological polar surface area (TPSA) is 74.0 Å². The van der Waals surface area contributed by atoms with Crippen molar-refractivity contribution in [2.45, 2.75) is 6.10 Å². The van der Waals surface area contributed by atoms with E-state index < -0.39 is 5.97 Å². The minimum Gasteiger partial charge on any atom is -0.497 e. The van der Waals surface area contributed by atoms with Crippen LogP contribution in [0, 0.1) is 0 Å². The summed E-state index contributed by atoms with van der Waals surface area (Å²) >= 11 is 0. The van der Waals surface area contributed by atoms with Crippen molar-refractivity contribution in [2.75, 3.05) is 46.2 Å². The van der Waals surface area contributed by atoms with Gasteiger partial charge in [0.1, 0.15) is 18.5 Å². The van der Waals surface area contributed by atoms with Crippen molar-refractivity contribution < 1.29 is 19.0 Å². The van der Waals surface area contributed by atoms with Crippen LogP contribution in [0.5, 0.6) is 5.75 Å². The van der Waals surface area contributed by atoms with Gasteiger partial charge < -0.3 is 24.8 Å². The molecule has 0 bridgehead atoms. The molecule has 0 saturated carbocycles. The largest absolute Gasteiger partial charge is 0.497 e. The third kappa shape index (κ3) is 3.61. The number of ether oxygens (including phenoxy) is 3. The number of carbonyl (C=O) groups excluding carboxylic acids is 1. The van der Waals surface area contributed by atoms with Crippen molar-refractivity contribution in [1.82, 2.24) is 4.90 Å². The monoisotopic (exact) mass is 280 g/mol. The highest BCUT2D eigenvalue weighted by molar-refractivity contribution is 5.95. The van der Waals surface area contributed by atoms with Crippen LogP contribution < -0.4 is 10.5 Å². The van der Waals surface area contributed by atoms with Crippen molar-refractivity contribution >= 4 is 11.7 Å². The fourth-order valence-corrected chi connectivity index (χ4v) is 2.05. The maximum absolute atomic E-state index is 12.0. The number of nitrogens with zero attached hydrogens (tertiary/aromatic N) is 1. The van der Waals surface area contributed by atoms with E-state index in [2.05, 4.69) is 4.90 Å². The molecule has 1 aromatic rings. The molecule has 110 valence electrons. The first kappa shape index (κ1) is 14.6. The standard InChI is InChI=1S/C14H20N2O4/c1-16-5-6-19-11(8-16)9-20-14(17)12-7-10(18-2)3-4-13(12)15/h3-4,7,11H,5-6,8-9,15H2,1-2H3. The molecule has 0 radical (unpaired) electrons. The molecule has 1 unspecified atom stereocenters. The Labute approximate surface area is 118 Å². The number of hydrogen-bond donors (Lipinski definition) is 1. The number of rotatable bonds is 4. The average molecular weight is 280 g/mol. The molecule has 1 aliphatic rings. The zero-order valence-corrected chi connectivity index (χ0v) is 11.8. The molecule has 0 amide bonds. The van der Waals surface area contributed by atoms with Gasteiger partial charge >= 0.3 is 5.97 Å². The van der Waals surface area contributed by atoms with Crippen molar-refractivity contribution in [2.24, 2.45) is 0 Å². The maximum Gasteiger partial charge on any atom is 0.340 e. The second kappa shape index (κ2) is 6.58. The van der Waals surface area contributed by atoms with E-state index in [9.17, 15) is 4.79 Å². The molecule has 1 fully saturated rings. The molecule has 0 spiro atoms. The molecule has 20 heavy (non-hydrogen) atoms. The second-order valence-corrected chi connectivity index (χ2v) is 4.81. The summed E-state index contributed by atoms with van der Waals surface area (Å²) in [6.45, 7) is 2.52. The zero-order valence-electron chi connectivity index (χ0n) is 11.8. The number of benzene rings is 1. The van der Waals surface area contributed by atoms with Crippen LogP contribution in [0.15, 0.2) is 18.2 Å². The number of esters is 1. The summed E-state index contributed by atoms with van der Waals surface area (Å²) in [6.07, 6.45) is -0.0930. The van der Waals surface area contributed by atoms with Gasteiger partial charge in [-0.15, -0.1) is 0 Å². The molecule has 1 atom stereocenters. The number of likely N-dealkylation sites (N-methyl/N-ethyl adjacent to an activating group) is 1. The van der Waals surface area contributed by atoms with Gasteiger partial charge in [0.05, 0.1) is 19.3 Å². The van der Waals surface area contributed by atoms with Crippen LogP contribution in [0.2, 0.25) is 0 Å². The third-order valence-electron chi connectivity index (χ3n) is 3.22. The first-order valence-electron chi connectivity index (χ1n) is 6.51. The Morgan fingerprint density at radius 2 is 2.35 bits per heavy atom. The molecule has 1 aliphatic heterocycles. The molecule has 1 heterocycles. The van der Waals surface area contributed by atoms with Crippen LogP contribution >= 0.6 is 0 Å². The Morgan fingerprint density at radius 1 is 1.55 bits per heavy atom. The Balaban J connectivity index is 1.94. The fourth-order valence-electron chi connectivity index (χ4n) is 2.05. The Hall–Kier alpha value is -1.79. The van der Waals surface area contributed by atoms with Gasteiger partial charge in [0.2, 0.25) is 0 Å². The van der Waals surface area contributed by atoms with Gasteiger partial charge in [-0.2, -0.15) is 0 Å². The number of methoxy groups -OCH3 is 1. The highest BCUT2D eigenvalue weighted by atomic mass is 16.6. The molecule has 2 rings (SSSR count). The number of carbonyl (C=O) groups is 1. The minimum atomic E-state index is -0.460. The molecule has 6 nitrogen and oxygen atoms in total. The van der Waals surface area contributed by atoms with E-state index >= 15 is 0 Å². The number of nitrogen functional groups attached to an aromatic ring is 1. The SMILES string of the molecule is COc1ccc(N)c(C(=O)OCC2CN(C)CCO2)c1. The van der Waals surface area contributed by atoms with E-state index in [-0.39, 0.29) is 12.7 Å². The fraction of sp³-hybridized carbons (Fsp3) is 0.500. The highest BCUT2D eigenvalue weighted by Crippen LogP contribution is 2.20. The first-order chi connectivity index (χ1) is 9.60. The predicted molar refractivity (Wildman–Crippen MR) is 74.9 cm³/mol. The Bertz CT molecular complexity index is 478. The average Bonchev–Trinajstić information content (AvgIpc) is 2.45. The van der Waals surface area contributed by atoms with Crippen LogP contribution in [-0.2, 0) is 9.47 Å². The predicted octanol–water partition coefficient (Wildman–Crippen LogP) is 0.765. The lowest BCUT2D eigenvalue weighted by atomic mass is 10.1. The molecule has 6 heteroatoms. The van der Waals surface area contributed by atoms with Gasteiger partial charge in [0, 0.05) is 18.8 Å². The van der Waals surface area contributed by atoms with Crippen molar-refractivity contribution in [3.05, 3.63) is 23.8 Å². The van der Waals surface area contributed by atoms with E-state index in [0.717, 1.165) is 13.1 Å². The van der Waals surface area contributed by atoms with Crippen LogP contribution in [0.4, 0.5) is 5.69 Å². The molecule has 1 saturated heterocycles. The van der Waals surface area contributed by atoms with E-state index in [4.69, 9.17) is 19.9 Å². The van der Waals surface area contributed by atoms with E-state index in [1.54, 1.807) is 18.2 Å². The molecule has 1 aromatic carbocycles. The lowest BCUT2D eigenvalue weighted by molar-refractivity contribution is -0.0528. The number of morpholine rings is 1. The second-order valence-electron chi connectivity index (χ2n) is 4.81. The Kier molecular flexibility index (Phi) is 4.81. The summed E-state index contributed by atoms with van der Waals surface area (Å²) in [5, 5.41) is 0. The third-order valence-corrected chi connectivity index (χ3v) is 3.22. The zero-order chi connectivity index (χ0) is 14.5. The van der Waals surface area contributed by atoms with Gasteiger partial charge in [0.15, 0.2) is 0 Å². The summed E-state index contributed by atoms with van der Waals surface area (Å²) in [6, 6.07) is 4.90. The Morgan fingerprint density at radius 3 is 3.05 bits per heavy atom. The van der Waals surface area contributed by atoms with Gasteiger partial charge in [-0.1, -0.05) is 0 Å². The quantitative estimate of drug-likeness (QED) is 0.648. The summed E-state index contributed by atoms with van der Waals surface area (Å²) in [7, 11) is 3.55. The number of anilines is 1. The van der Waals surface area contributed by atoms with Crippen LogP contribution in [0.1, 0.15) is 10.4 Å². The van der Waals surface area contributed by atoms with Crippen molar-refractivity contribution in [3.63, 3.8) is 0 Å². The highest BCUT2D eigenvalue weighted by Gasteiger charge is 2.20. The normalized spacial score (nSPS) is 19.6. The van der Waals surface area contributed by atoms with Gasteiger partial charge in [-0.3, -0.25) is 0 Å². The number of hydrogen-bond acceptors (Lipinski definition) is 6. The smallest absolute Gasteiger partial charge is 0.340 e. The molecular formula is C14H20N2O4. The van der Waals surface area contributed by atoms with Crippen molar-refractivity contribution in [1.29, 1.82) is 0 Å². The first-order valence-corrected chi connectivity index (χ1v) is 6.51. The minimum absolute atomic E-state index is 0.0930. The molecule has 2 N–H and O–H groups in total. The summed E-state index contributed by atoms with van der Waals surface area (Å²) in [5.41, 5.74) is 6.47.